The number of carbonyl (C=O) groups is 3. The summed E-state index contributed by atoms with van der Waals surface area (Å²) in [6.45, 7) is 10.1. The Morgan fingerprint density at radius 1 is 1.07 bits per heavy atom. The molecule has 3 saturated heterocycles. The van der Waals surface area contributed by atoms with Crippen LogP contribution in [0.2, 0.25) is 0 Å². The van der Waals surface area contributed by atoms with Gasteiger partial charge in [-0.1, -0.05) is 44.2 Å². The molecule has 1 spiro atoms. The van der Waals surface area contributed by atoms with E-state index in [1.54, 1.807) is 16.7 Å². The topological polar surface area (TPSA) is 102 Å². The Bertz CT molecular complexity index is 1250. The van der Waals surface area contributed by atoms with E-state index in [9.17, 15) is 19.5 Å². The van der Waals surface area contributed by atoms with Gasteiger partial charge in [0.05, 0.1) is 29.2 Å². The summed E-state index contributed by atoms with van der Waals surface area (Å²) in [6, 6.07) is 16.2. The number of hydrogen-bond donors (Lipinski definition) is 3. The first kappa shape index (κ1) is 29.5. The summed E-state index contributed by atoms with van der Waals surface area (Å²) in [5.41, 5.74) is 2.74. The zero-order chi connectivity index (χ0) is 29.3. The highest BCUT2D eigenvalue weighted by atomic mass is 32.2. The number of nitrogens with zero attached hydrogens (tertiary/aromatic N) is 2. The van der Waals surface area contributed by atoms with Crippen LogP contribution in [0.4, 0.5) is 11.4 Å². The number of fused-ring (bicyclic) bond motifs is 1. The molecule has 3 fully saturated rings. The van der Waals surface area contributed by atoms with Crippen LogP contribution >= 0.6 is 11.8 Å². The molecule has 2 unspecified atom stereocenters. The number of thioether (sulfide) groups is 1. The minimum atomic E-state index is -0.774. The van der Waals surface area contributed by atoms with E-state index < -0.39 is 28.7 Å². The van der Waals surface area contributed by atoms with Gasteiger partial charge >= 0.3 is 0 Å². The maximum absolute atomic E-state index is 14.3. The zero-order valence-electron chi connectivity index (χ0n) is 24.4. The minimum Gasteiger partial charge on any atom is -0.394 e. The molecule has 41 heavy (non-hydrogen) atoms. The molecule has 0 saturated carbocycles. The Labute approximate surface area is 247 Å². The molecule has 0 aliphatic carbocycles. The predicted molar refractivity (Wildman–Crippen MR) is 164 cm³/mol. The molecule has 3 N–H and O–H groups in total. The van der Waals surface area contributed by atoms with Gasteiger partial charge in [-0.2, -0.15) is 0 Å². The van der Waals surface area contributed by atoms with E-state index in [-0.39, 0.29) is 35.5 Å². The van der Waals surface area contributed by atoms with Gasteiger partial charge in [-0.05, 0) is 62.4 Å². The fourth-order valence-corrected chi connectivity index (χ4v) is 9.33. The summed E-state index contributed by atoms with van der Waals surface area (Å²) in [5.74, 6) is -1.75. The second kappa shape index (κ2) is 12.1. The standard InChI is InChI=1S/C32H42N4O4S/c1-5-35(6-2)23-14-12-22(13-15-23)34-30(39)28-32-17-16-25(41-32)26(29(38)33-18-21-10-8-7-9-11-21)27(32)31(40)36(28)24(19-37)20(3)4/h7-15,20,24-28,37H,5-6,16-19H2,1-4H3,(H,33,38)(H,34,39)/t24-,25-,26+,27-,28?,32?/m0/s1. The van der Waals surface area contributed by atoms with Crippen molar-refractivity contribution >= 4 is 40.9 Å². The highest BCUT2D eigenvalue weighted by Gasteiger charge is 2.74. The number of likely N-dealkylation sites (tertiary alicyclic amines) is 1. The third-order valence-corrected chi connectivity index (χ3v) is 11.1. The maximum Gasteiger partial charge on any atom is 0.248 e. The number of nitrogens with one attached hydrogen (secondary N) is 2. The largest absolute Gasteiger partial charge is 0.394 e. The molecule has 2 aromatic carbocycles. The van der Waals surface area contributed by atoms with E-state index in [1.165, 1.54) is 0 Å². The average molecular weight is 579 g/mol. The molecule has 6 atom stereocenters. The Morgan fingerprint density at radius 3 is 2.37 bits per heavy atom. The van der Waals surface area contributed by atoms with E-state index in [0.29, 0.717) is 18.7 Å². The fourth-order valence-electron chi connectivity index (χ4n) is 7.13. The van der Waals surface area contributed by atoms with E-state index in [1.807, 2.05) is 68.4 Å². The summed E-state index contributed by atoms with van der Waals surface area (Å²) < 4.78 is -0.704. The molecular weight excluding hydrogens is 536 g/mol. The van der Waals surface area contributed by atoms with E-state index >= 15 is 0 Å². The number of rotatable bonds is 11. The molecule has 0 radical (unpaired) electrons. The normalized spacial score (nSPS) is 27.2. The van der Waals surface area contributed by atoms with Crippen LogP contribution in [0.5, 0.6) is 0 Å². The Hall–Kier alpha value is -3.04. The van der Waals surface area contributed by atoms with Gasteiger partial charge in [0.15, 0.2) is 0 Å². The van der Waals surface area contributed by atoms with Gasteiger partial charge in [0.1, 0.15) is 6.04 Å². The number of aliphatic hydroxyl groups is 1. The molecule has 0 aromatic heterocycles. The van der Waals surface area contributed by atoms with Gasteiger partial charge in [0.25, 0.3) is 0 Å². The molecule has 2 aromatic rings. The van der Waals surface area contributed by atoms with Crippen molar-refractivity contribution < 1.29 is 19.5 Å². The number of aliphatic hydroxyl groups excluding tert-OH is 1. The van der Waals surface area contributed by atoms with Gasteiger partial charge < -0.3 is 25.5 Å². The summed E-state index contributed by atoms with van der Waals surface area (Å²) >= 11 is 1.64. The molecule has 3 amide bonds. The van der Waals surface area contributed by atoms with Crippen molar-refractivity contribution in [2.75, 3.05) is 29.9 Å². The van der Waals surface area contributed by atoms with Gasteiger partial charge in [0, 0.05) is 36.3 Å². The zero-order valence-corrected chi connectivity index (χ0v) is 25.2. The lowest BCUT2D eigenvalue weighted by Crippen LogP contribution is -2.56. The van der Waals surface area contributed by atoms with Crippen molar-refractivity contribution in [1.82, 2.24) is 10.2 Å². The Balaban J connectivity index is 1.43. The van der Waals surface area contributed by atoms with Crippen molar-refractivity contribution in [3.05, 3.63) is 60.2 Å². The van der Waals surface area contributed by atoms with Crippen LogP contribution in [-0.2, 0) is 20.9 Å². The van der Waals surface area contributed by atoms with Crippen molar-refractivity contribution in [2.45, 2.75) is 69.2 Å². The fraction of sp³-hybridized carbons (Fsp3) is 0.531. The number of anilines is 2. The first-order chi connectivity index (χ1) is 19.7. The molecule has 2 bridgehead atoms. The number of hydrogen-bond acceptors (Lipinski definition) is 6. The highest BCUT2D eigenvalue weighted by molar-refractivity contribution is 8.02. The maximum atomic E-state index is 14.3. The molecule has 3 aliphatic heterocycles. The Morgan fingerprint density at radius 2 is 1.76 bits per heavy atom. The quantitative estimate of drug-likeness (QED) is 0.374. The lowest BCUT2D eigenvalue weighted by molar-refractivity contribution is -0.143. The molecule has 9 heteroatoms. The van der Waals surface area contributed by atoms with Crippen LogP contribution in [-0.4, -0.2) is 69.5 Å². The predicted octanol–water partition coefficient (Wildman–Crippen LogP) is 3.90. The highest BCUT2D eigenvalue weighted by Crippen LogP contribution is 2.66. The summed E-state index contributed by atoms with van der Waals surface area (Å²) in [5, 5.41) is 16.5. The average Bonchev–Trinajstić information content (AvgIpc) is 3.62. The van der Waals surface area contributed by atoms with Crippen LogP contribution < -0.4 is 15.5 Å². The lowest BCUT2D eigenvalue weighted by Gasteiger charge is -2.38. The van der Waals surface area contributed by atoms with E-state index in [2.05, 4.69) is 29.4 Å². The smallest absolute Gasteiger partial charge is 0.248 e. The first-order valence-corrected chi connectivity index (χ1v) is 15.7. The minimum absolute atomic E-state index is 0.0165. The van der Waals surface area contributed by atoms with Gasteiger partial charge in [-0.15, -0.1) is 11.8 Å². The first-order valence-electron chi connectivity index (χ1n) is 14.8. The number of benzene rings is 2. The second-order valence-electron chi connectivity index (χ2n) is 11.7. The van der Waals surface area contributed by atoms with Gasteiger partial charge in [0.2, 0.25) is 17.7 Å². The Kier molecular flexibility index (Phi) is 8.66. The summed E-state index contributed by atoms with van der Waals surface area (Å²) in [4.78, 5) is 45.9. The monoisotopic (exact) mass is 578 g/mol. The third-order valence-electron chi connectivity index (χ3n) is 9.18. The van der Waals surface area contributed by atoms with Crippen LogP contribution in [0.1, 0.15) is 46.1 Å². The number of amides is 3. The molecule has 5 rings (SSSR count). The van der Waals surface area contributed by atoms with Crippen molar-refractivity contribution in [1.29, 1.82) is 0 Å². The SMILES string of the molecule is CCN(CC)c1ccc(NC(=O)C2N([C@@H](CO)C(C)C)C(=O)[C@@H]3[C@H](C(=O)NCc4ccccc4)[C@@H]4CCC23S4)cc1. The van der Waals surface area contributed by atoms with E-state index in [4.69, 9.17) is 0 Å². The van der Waals surface area contributed by atoms with Crippen molar-refractivity contribution in [2.24, 2.45) is 17.8 Å². The summed E-state index contributed by atoms with van der Waals surface area (Å²) in [7, 11) is 0. The van der Waals surface area contributed by atoms with E-state index in [0.717, 1.165) is 30.8 Å². The number of carbonyl (C=O) groups excluding carboxylic acids is 3. The summed E-state index contributed by atoms with van der Waals surface area (Å²) in [6.07, 6.45) is 1.46. The van der Waals surface area contributed by atoms with Crippen LogP contribution in [0.25, 0.3) is 0 Å². The second-order valence-corrected chi connectivity index (χ2v) is 13.3. The van der Waals surface area contributed by atoms with Crippen LogP contribution in [0.15, 0.2) is 54.6 Å². The molecule has 3 heterocycles. The van der Waals surface area contributed by atoms with Crippen molar-refractivity contribution in [3.8, 4) is 0 Å². The molecular formula is C32H42N4O4S. The van der Waals surface area contributed by atoms with Gasteiger partial charge in [-0.25, -0.2) is 0 Å². The van der Waals surface area contributed by atoms with Crippen molar-refractivity contribution in [3.63, 3.8) is 0 Å². The van der Waals surface area contributed by atoms with Crippen LogP contribution in [0.3, 0.4) is 0 Å². The lowest BCUT2D eigenvalue weighted by atomic mass is 9.70. The van der Waals surface area contributed by atoms with Gasteiger partial charge in [-0.3, -0.25) is 14.4 Å². The van der Waals surface area contributed by atoms with Crippen LogP contribution in [0, 0.1) is 17.8 Å². The molecule has 8 nitrogen and oxygen atoms in total. The third kappa shape index (κ3) is 5.23. The molecule has 220 valence electrons. The molecule has 3 aliphatic rings.